The molecule has 5 heteroatoms. The predicted octanol–water partition coefficient (Wildman–Crippen LogP) is 0.992. The average molecular weight is 262 g/mol. The van der Waals surface area contributed by atoms with Crippen molar-refractivity contribution in [3.05, 3.63) is 23.8 Å². The highest BCUT2D eigenvalue weighted by Crippen LogP contribution is 2.21. The van der Waals surface area contributed by atoms with E-state index < -0.39 is 0 Å². The van der Waals surface area contributed by atoms with Gasteiger partial charge in [0.15, 0.2) is 0 Å². The molecule has 1 fully saturated rings. The first-order valence-corrected chi connectivity index (χ1v) is 6.64. The van der Waals surface area contributed by atoms with E-state index in [1.165, 1.54) is 6.42 Å². The summed E-state index contributed by atoms with van der Waals surface area (Å²) in [6, 6.07) is 5.33. The first-order valence-electron chi connectivity index (χ1n) is 6.64. The maximum Gasteiger partial charge on any atom is 0.253 e. The Bertz CT molecular complexity index is 461. The molecule has 1 atom stereocenters. The topological polar surface area (TPSA) is 70.4 Å². The highest BCUT2D eigenvalue weighted by molar-refractivity contribution is 6.00. The lowest BCUT2D eigenvalue weighted by Crippen LogP contribution is -2.22. The van der Waals surface area contributed by atoms with Crippen molar-refractivity contribution in [1.82, 2.24) is 10.2 Å². The fourth-order valence-corrected chi connectivity index (χ4v) is 2.49. The lowest BCUT2D eigenvalue weighted by Gasteiger charge is -2.15. The quantitative estimate of drug-likeness (QED) is 0.708. The summed E-state index contributed by atoms with van der Waals surface area (Å²) in [5, 5.41) is 6.01. The number of nitrogens with two attached hydrogens (primary N) is 1. The molecule has 2 rings (SSSR count). The zero-order valence-electron chi connectivity index (χ0n) is 11.6. The normalized spacial score (nSPS) is 19.4. The highest BCUT2D eigenvalue weighted by Gasteiger charge is 2.19. The number of nitrogens with one attached hydrogen (secondary N) is 2. The van der Waals surface area contributed by atoms with E-state index in [2.05, 4.69) is 22.6 Å². The van der Waals surface area contributed by atoms with E-state index >= 15 is 0 Å². The van der Waals surface area contributed by atoms with Crippen molar-refractivity contribution in [2.24, 2.45) is 5.92 Å². The average Bonchev–Trinajstić information content (AvgIpc) is 2.81. The maximum atomic E-state index is 11.8. The van der Waals surface area contributed by atoms with Gasteiger partial charge in [-0.15, -0.1) is 0 Å². The number of hydrogen-bond donors (Lipinski definition) is 3. The van der Waals surface area contributed by atoms with Gasteiger partial charge in [-0.1, -0.05) is 0 Å². The minimum atomic E-state index is -0.0916. The molecule has 4 N–H and O–H groups in total. The molecule has 1 aromatic rings. The van der Waals surface area contributed by atoms with Gasteiger partial charge in [-0.2, -0.15) is 0 Å². The maximum absolute atomic E-state index is 11.8. The third kappa shape index (κ3) is 3.38. The first-order chi connectivity index (χ1) is 9.10. The molecular formula is C14H22N4O. The number of carbonyl (C=O) groups is 1. The van der Waals surface area contributed by atoms with Crippen LogP contribution in [0.2, 0.25) is 0 Å². The highest BCUT2D eigenvalue weighted by atomic mass is 16.1. The standard InChI is InChI=1S/C14H22N4O/c1-16-14(19)12-4-3-11(15)7-13(12)17-8-10-5-6-18(2)9-10/h3-4,7,10,17H,5-6,8-9,15H2,1-2H3,(H,16,19). The van der Waals surface area contributed by atoms with Gasteiger partial charge in [-0.05, 0) is 44.1 Å². The lowest BCUT2D eigenvalue weighted by molar-refractivity contribution is 0.0964. The second-order valence-electron chi connectivity index (χ2n) is 5.18. The first kappa shape index (κ1) is 13.7. The van der Waals surface area contributed by atoms with Gasteiger partial charge in [-0.25, -0.2) is 0 Å². The van der Waals surface area contributed by atoms with E-state index in [1.54, 1.807) is 19.2 Å². The molecular weight excluding hydrogens is 240 g/mol. The van der Waals surface area contributed by atoms with Crippen LogP contribution < -0.4 is 16.4 Å². The zero-order valence-corrected chi connectivity index (χ0v) is 11.6. The summed E-state index contributed by atoms with van der Waals surface area (Å²) in [5.41, 5.74) is 7.92. The Morgan fingerprint density at radius 3 is 2.95 bits per heavy atom. The predicted molar refractivity (Wildman–Crippen MR) is 78.3 cm³/mol. The third-order valence-corrected chi connectivity index (χ3v) is 3.59. The Kier molecular flexibility index (Phi) is 4.27. The van der Waals surface area contributed by atoms with Crippen LogP contribution in [-0.2, 0) is 0 Å². The number of nitrogens with zero attached hydrogens (tertiary/aromatic N) is 1. The van der Waals surface area contributed by atoms with Crippen molar-refractivity contribution < 1.29 is 4.79 Å². The van der Waals surface area contributed by atoms with Crippen LogP contribution >= 0.6 is 0 Å². The summed E-state index contributed by atoms with van der Waals surface area (Å²) in [5.74, 6) is 0.537. The monoisotopic (exact) mass is 262 g/mol. The van der Waals surface area contributed by atoms with Crippen LogP contribution in [-0.4, -0.2) is 44.5 Å². The van der Waals surface area contributed by atoms with Gasteiger partial charge in [-0.3, -0.25) is 4.79 Å². The Labute approximate surface area is 114 Å². The van der Waals surface area contributed by atoms with Gasteiger partial charge >= 0.3 is 0 Å². The molecule has 1 saturated heterocycles. The van der Waals surface area contributed by atoms with E-state index in [0.29, 0.717) is 17.2 Å². The molecule has 0 spiro atoms. The number of likely N-dealkylation sites (tertiary alicyclic amines) is 1. The lowest BCUT2D eigenvalue weighted by atomic mass is 10.1. The van der Waals surface area contributed by atoms with Gasteiger partial charge < -0.3 is 21.3 Å². The van der Waals surface area contributed by atoms with Crippen LogP contribution in [0, 0.1) is 5.92 Å². The number of nitrogen functional groups attached to an aromatic ring is 1. The van der Waals surface area contributed by atoms with Gasteiger partial charge in [0, 0.05) is 31.5 Å². The Morgan fingerprint density at radius 2 is 2.32 bits per heavy atom. The molecule has 1 aliphatic rings. The van der Waals surface area contributed by atoms with Crippen molar-refractivity contribution in [3.8, 4) is 0 Å². The molecule has 1 aromatic carbocycles. The Hall–Kier alpha value is -1.75. The van der Waals surface area contributed by atoms with Crippen molar-refractivity contribution in [2.45, 2.75) is 6.42 Å². The smallest absolute Gasteiger partial charge is 0.253 e. The summed E-state index contributed by atoms with van der Waals surface area (Å²) in [4.78, 5) is 14.1. The summed E-state index contributed by atoms with van der Waals surface area (Å²) >= 11 is 0. The molecule has 0 bridgehead atoms. The van der Waals surface area contributed by atoms with E-state index in [0.717, 1.165) is 25.3 Å². The van der Waals surface area contributed by atoms with E-state index in [1.807, 2.05) is 6.07 Å². The minimum absolute atomic E-state index is 0.0916. The van der Waals surface area contributed by atoms with Gasteiger partial charge in [0.2, 0.25) is 0 Å². The van der Waals surface area contributed by atoms with Crippen LogP contribution in [0.1, 0.15) is 16.8 Å². The Morgan fingerprint density at radius 1 is 1.53 bits per heavy atom. The molecule has 0 radical (unpaired) electrons. The number of benzene rings is 1. The summed E-state index contributed by atoms with van der Waals surface area (Å²) in [6.45, 7) is 3.12. The largest absolute Gasteiger partial charge is 0.399 e. The van der Waals surface area contributed by atoms with Gasteiger partial charge in [0.25, 0.3) is 5.91 Å². The van der Waals surface area contributed by atoms with Crippen molar-refractivity contribution in [3.63, 3.8) is 0 Å². The van der Waals surface area contributed by atoms with Gasteiger partial charge in [0.05, 0.1) is 5.56 Å². The molecule has 1 aliphatic heterocycles. The zero-order chi connectivity index (χ0) is 13.8. The fraction of sp³-hybridized carbons (Fsp3) is 0.500. The van der Waals surface area contributed by atoms with Gasteiger partial charge in [0.1, 0.15) is 0 Å². The Balaban J connectivity index is 2.05. The molecule has 104 valence electrons. The van der Waals surface area contributed by atoms with Crippen molar-refractivity contribution >= 4 is 17.3 Å². The summed E-state index contributed by atoms with van der Waals surface area (Å²) in [6.07, 6.45) is 1.20. The molecule has 19 heavy (non-hydrogen) atoms. The molecule has 1 amide bonds. The summed E-state index contributed by atoms with van der Waals surface area (Å²) < 4.78 is 0. The van der Waals surface area contributed by atoms with Crippen LogP contribution in [0.25, 0.3) is 0 Å². The molecule has 0 aromatic heterocycles. The van der Waals surface area contributed by atoms with E-state index in [4.69, 9.17) is 5.73 Å². The molecule has 0 saturated carbocycles. The minimum Gasteiger partial charge on any atom is -0.399 e. The van der Waals surface area contributed by atoms with Crippen molar-refractivity contribution in [1.29, 1.82) is 0 Å². The van der Waals surface area contributed by atoms with Crippen LogP contribution in [0.3, 0.4) is 0 Å². The number of anilines is 2. The van der Waals surface area contributed by atoms with Crippen molar-refractivity contribution in [2.75, 3.05) is 44.8 Å². The third-order valence-electron chi connectivity index (χ3n) is 3.59. The van der Waals surface area contributed by atoms with Crippen LogP contribution in [0.4, 0.5) is 11.4 Å². The molecule has 5 nitrogen and oxygen atoms in total. The van der Waals surface area contributed by atoms with E-state index in [-0.39, 0.29) is 5.91 Å². The second kappa shape index (κ2) is 5.93. The van der Waals surface area contributed by atoms with Crippen LogP contribution in [0.5, 0.6) is 0 Å². The SMILES string of the molecule is CNC(=O)c1ccc(N)cc1NCC1CCN(C)C1. The number of hydrogen-bond acceptors (Lipinski definition) is 4. The second-order valence-corrected chi connectivity index (χ2v) is 5.18. The van der Waals surface area contributed by atoms with Crippen LogP contribution in [0.15, 0.2) is 18.2 Å². The molecule has 1 unspecified atom stereocenters. The molecule has 0 aliphatic carbocycles. The number of rotatable bonds is 4. The summed E-state index contributed by atoms with van der Waals surface area (Å²) in [7, 11) is 3.77. The fourth-order valence-electron chi connectivity index (χ4n) is 2.49. The molecule has 1 heterocycles. The number of carbonyl (C=O) groups excluding carboxylic acids is 1. The van der Waals surface area contributed by atoms with E-state index in [9.17, 15) is 4.79 Å². The number of amides is 1.